The molecule has 9 unspecified atom stereocenters. The molecule has 0 radical (unpaired) electrons. The molecule has 1 amide bonds. The Hall–Kier alpha value is -3.68. The summed E-state index contributed by atoms with van der Waals surface area (Å²) in [6.45, 7) is -0.0928. The molecule has 0 bridgehead atoms. The van der Waals surface area contributed by atoms with Crippen LogP contribution >= 0.6 is 7.82 Å². The molecule has 43 heavy (non-hydrogen) atoms. The van der Waals surface area contributed by atoms with Crippen molar-refractivity contribution in [1.29, 1.82) is 0 Å². The quantitative estimate of drug-likeness (QED) is 0.135. The van der Waals surface area contributed by atoms with Crippen LogP contribution in [-0.2, 0) is 32.7 Å². The van der Waals surface area contributed by atoms with Gasteiger partial charge in [0.25, 0.3) is 5.56 Å². The van der Waals surface area contributed by atoms with Crippen molar-refractivity contribution in [3.05, 3.63) is 55.6 Å². The zero-order valence-electron chi connectivity index (χ0n) is 22.4. The Morgan fingerprint density at radius 1 is 1.21 bits per heavy atom. The third-order valence-electron chi connectivity index (χ3n) is 7.80. The number of phosphoric acid groups is 1. The van der Waals surface area contributed by atoms with Crippen LogP contribution < -0.4 is 28.5 Å². The van der Waals surface area contributed by atoms with E-state index in [1.54, 1.807) is 0 Å². The highest BCUT2D eigenvalue weighted by molar-refractivity contribution is 7.47. The maximum atomic E-state index is 13.2. The third-order valence-corrected chi connectivity index (χ3v) is 8.77. The van der Waals surface area contributed by atoms with Gasteiger partial charge in [-0.3, -0.25) is 33.0 Å². The van der Waals surface area contributed by atoms with E-state index in [2.05, 4.69) is 0 Å². The lowest BCUT2D eigenvalue weighted by Crippen LogP contribution is -2.49. The number of aromatic nitrogens is 2. The highest BCUT2D eigenvalue weighted by atomic mass is 31.2. The molecule has 234 valence electrons. The van der Waals surface area contributed by atoms with Crippen LogP contribution in [0.4, 0.5) is 4.79 Å². The van der Waals surface area contributed by atoms with Gasteiger partial charge in [-0.05, 0) is 6.92 Å². The molecular weight excluding hydrogens is 599 g/mol. The number of primary amides is 1. The normalized spacial score (nSPS) is 33.6. The molecule has 4 aliphatic rings. The van der Waals surface area contributed by atoms with Gasteiger partial charge < -0.3 is 46.7 Å². The zero-order chi connectivity index (χ0) is 31.5. The van der Waals surface area contributed by atoms with Gasteiger partial charge in [0.15, 0.2) is 17.8 Å². The first-order valence-electron chi connectivity index (χ1n) is 12.8. The van der Waals surface area contributed by atoms with Crippen LogP contribution in [0.2, 0.25) is 0 Å². The molecule has 1 aliphatic carbocycles. The first kappa shape index (κ1) is 30.8. The number of H-pyrrole nitrogens is 1. The van der Waals surface area contributed by atoms with E-state index in [-0.39, 0.29) is 29.1 Å². The number of hydrogen-bond donors (Lipinski definition) is 7. The van der Waals surface area contributed by atoms with E-state index >= 15 is 0 Å². The molecule has 0 spiro atoms. The minimum absolute atomic E-state index is 0.0245. The van der Waals surface area contributed by atoms with Crippen molar-refractivity contribution in [2.75, 3.05) is 19.8 Å². The zero-order valence-corrected chi connectivity index (χ0v) is 23.3. The molecule has 20 heteroatoms. The maximum Gasteiger partial charge on any atom is 0.472 e. The molecule has 1 aromatic heterocycles. The number of allylic oxidation sites excluding steroid dienone is 1. The van der Waals surface area contributed by atoms with Crippen LogP contribution in [0, 0.1) is 5.92 Å². The molecule has 0 saturated carbocycles. The topological polar surface area (TPSA) is 302 Å². The van der Waals surface area contributed by atoms with E-state index in [1.165, 1.54) is 11.8 Å². The highest BCUT2D eigenvalue weighted by Crippen LogP contribution is 2.52. The maximum absolute atomic E-state index is 13.2. The third kappa shape index (κ3) is 5.34. The van der Waals surface area contributed by atoms with Gasteiger partial charge in [0, 0.05) is 35.7 Å². The van der Waals surface area contributed by atoms with Gasteiger partial charge in [-0.1, -0.05) is 0 Å². The van der Waals surface area contributed by atoms with Gasteiger partial charge in [-0.2, -0.15) is 0 Å². The minimum atomic E-state index is -5.06. The van der Waals surface area contributed by atoms with Crippen LogP contribution in [-0.4, -0.2) is 103 Å². The summed E-state index contributed by atoms with van der Waals surface area (Å²) in [7, 11) is -5.06. The number of carbonyl (C=O) groups excluding carboxylic acids is 3. The van der Waals surface area contributed by atoms with E-state index in [9.17, 15) is 43.6 Å². The van der Waals surface area contributed by atoms with Gasteiger partial charge in [-0.15, -0.1) is 0 Å². The predicted molar refractivity (Wildman–Crippen MR) is 139 cm³/mol. The van der Waals surface area contributed by atoms with E-state index in [0.717, 1.165) is 16.8 Å². The minimum Gasteiger partial charge on any atom is -0.445 e. The number of aliphatic hydroxyl groups excluding tert-OH is 2. The monoisotopic (exact) mass is 628 g/mol. The van der Waals surface area contributed by atoms with Crippen molar-refractivity contribution >= 4 is 25.5 Å². The second-order valence-corrected chi connectivity index (χ2v) is 11.8. The first-order valence-corrected chi connectivity index (χ1v) is 14.3. The molecule has 19 nitrogen and oxygen atoms in total. The Morgan fingerprint density at radius 3 is 2.56 bits per heavy atom. The number of hydrogen-bond acceptors (Lipinski definition) is 15. The SMILES string of the molecule is CC1=C(N)C(=O)C2C(COC(N)=O)=C3C(OP(=O)(O)OCC4OC(n5ccc(=O)[nH]c5=O)C(O)C4O)C(N)CN3C2C1=O. The second-order valence-electron chi connectivity index (χ2n) is 10.4. The Morgan fingerprint density at radius 2 is 1.91 bits per heavy atom. The molecule has 10 N–H and O–H groups in total. The number of fused-ring (bicyclic) bond motifs is 3. The Kier molecular flexibility index (Phi) is 7.95. The lowest BCUT2D eigenvalue weighted by atomic mass is 9.78. The van der Waals surface area contributed by atoms with Crippen molar-refractivity contribution in [2.45, 2.75) is 49.7 Å². The Labute approximate surface area is 241 Å². The van der Waals surface area contributed by atoms with Crippen molar-refractivity contribution in [3.63, 3.8) is 0 Å². The van der Waals surface area contributed by atoms with E-state index in [0.29, 0.717) is 0 Å². The lowest BCUT2D eigenvalue weighted by Gasteiger charge is -2.31. The van der Waals surface area contributed by atoms with Gasteiger partial charge >= 0.3 is 19.6 Å². The number of carbonyl (C=O) groups is 3. The van der Waals surface area contributed by atoms with Crippen LogP contribution in [0.25, 0.3) is 0 Å². The lowest BCUT2D eigenvalue weighted by molar-refractivity contribution is -0.129. The first-order chi connectivity index (χ1) is 20.1. The number of nitrogens with two attached hydrogens (primary N) is 3. The molecule has 9 atom stereocenters. The number of rotatable bonds is 8. The fraction of sp³-hybridized carbons (Fsp3) is 0.522. The Balaban J connectivity index is 1.36. The van der Waals surface area contributed by atoms with E-state index in [4.69, 9.17) is 35.7 Å². The average Bonchev–Trinajstić information content (AvgIpc) is 3.52. The molecule has 2 saturated heterocycles. The molecule has 4 heterocycles. The molecule has 5 rings (SSSR count). The number of nitrogens with one attached hydrogen (secondary N) is 1. The average molecular weight is 628 g/mol. The van der Waals surface area contributed by atoms with Crippen molar-refractivity contribution in [2.24, 2.45) is 23.1 Å². The van der Waals surface area contributed by atoms with E-state index < -0.39 is 98.6 Å². The molecule has 0 aromatic carbocycles. The highest BCUT2D eigenvalue weighted by Gasteiger charge is 2.58. The summed E-state index contributed by atoms with van der Waals surface area (Å²) in [4.78, 5) is 75.1. The standard InChI is InChI=1S/C23H29N6O13P/c1-7-13(25)18(33)12-8(5-39-22(26)35)14-20(9(24)4-29(14)15(12)16(7)31)42-43(37,38)40-6-10-17(32)19(34)21(41-10)28-3-2-11(30)27-23(28)36/h2-3,9-10,12,15,17,19-21,32,34H,4-6,24-25H2,1H3,(H2,26,35)(H,37,38)(H,27,30,36). The molecule has 1 aromatic rings. The summed E-state index contributed by atoms with van der Waals surface area (Å²) >= 11 is 0. The number of aromatic amines is 1. The molecule has 2 fully saturated rings. The second kappa shape index (κ2) is 11.1. The number of nitrogens with zero attached hydrogens (tertiary/aromatic N) is 2. The smallest absolute Gasteiger partial charge is 0.445 e. The largest absolute Gasteiger partial charge is 0.472 e. The van der Waals surface area contributed by atoms with Gasteiger partial charge in [0.05, 0.1) is 24.3 Å². The van der Waals surface area contributed by atoms with Crippen LogP contribution in [0.1, 0.15) is 13.2 Å². The summed E-state index contributed by atoms with van der Waals surface area (Å²) < 4.78 is 34.7. The number of ketones is 2. The molecular formula is C23H29N6O13P. The number of aliphatic hydroxyl groups is 2. The van der Waals surface area contributed by atoms with Crippen LogP contribution in [0.15, 0.2) is 44.4 Å². The van der Waals surface area contributed by atoms with Crippen LogP contribution in [0.3, 0.4) is 0 Å². The van der Waals surface area contributed by atoms with Crippen molar-refractivity contribution in [3.8, 4) is 0 Å². The predicted octanol–water partition coefficient (Wildman–Crippen LogP) is -3.97. The van der Waals surface area contributed by atoms with E-state index in [1.807, 2.05) is 4.98 Å². The summed E-state index contributed by atoms with van der Waals surface area (Å²) in [5, 5.41) is 20.8. The summed E-state index contributed by atoms with van der Waals surface area (Å²) in [5.41, 5.74) is 15.4. The number of Topliss-reactive ketones (excluding diaryl/α,β-unsaturated/α-hetero) is 2. The van der Waals surface area contributed by atoms with Gasteiger partial charge in [0.2, 0.25) is 0 Å². The number of phosphoric ester groups is 1. The summed E-state index contributed by atoms with van der Waals surface area (Å²) in [6, 6.07) is -1.15. The Bertz CT molecular complexity index is 1600. The van der Waals surface area contributed by atoms with Crippen molar-refractivity contribution < 1.29 is 52.6 Å². The van der Waals surface area contributed by atoms with Gasteiger partial charge in [-0.25, -0.2) is 14.2 Å². The fourth-order valence-corrected chi connectivity index (χ4v) is 6.70. The number of amides is 1. The van der Waals surface area contributed by atoms with Crippen molar-refractivity contribution in [1.82, 2.24) is 14.5 Å². The summed E-state index contributed by atoms with van der Waals surface area (Å²) in [5.74, 6) is -2.31. The summed E-state index contributed by atoms with van der Waals surface area (Å²) in [6.07, 6.45) is -7.88. The van der Waals surface area contributed by atoms with Crippen LogP contribution in [0.5, 0.6) is 0 Å². The van der Waals surface area contributed by atoms with Gasteiger partial charge in [0.1, 0.15) is 37.1 Å². The number of ether oxygens (including phenoxy) is 2. The fourth-order valence-electron chi connectivity index (χ4n) is 5.76. The molecule has 3 aliphatic heterocycles.